The Morgan fingerprint density at radius 2 is 1.67 bits per heavy atom. The van der Waals surface area contributed by atoms with E-state index in [0.29, 0.717) is 67.9 Å². The molecule has 0 radical (unpaired) electrons. The summed E-state index contributed by atoms with van der Waals surface area (Å²) in [6, 6.07) is 16.9. The highest BCUT2D eigenvalue weighted by Gasteiger charge is 2.45. The molecule has 0 spiro atoms. The number of carbonyl (C=O) groups excluding carboxylic acids is 5. The number of carbonyl (C=O) groups is 5. The molecule has 19 heteroatoms. The number of piperidine rings is 2. The highest BCUT2D eigenvalue weighted by molar-refractivity contribution is 7.91. The molecule has 4 heterocycles. The number of benzene rings is 3. The lowest BCUT2D eigenvalue weighted by atomic mass is 9.96. The molecule has 1 unspecified atom stereocenters. The van der Waals surface area contributed by atoms with Gasteiger partial charge in [0.2, 0.25) is 17.6 Å². The number of para-hydroxylation sites is 1. The molecule has 3 aromatic carbocycles. The van der Waals surface area contributed by atoms with Gasteiger partial charge in [-0.15, -0.1) is 0 Å². The van der Waals surface area contributed by atoms with E-state index in [-0.39, 0.29) is 40.0 Å². The predicted octanol–water partition coefficient (Wildman–Crippen LogP) is 3.74. The number of halogens is 3. The zero-order valence-electron chi connectivity index (χ0n) is 30.7. The lowest BCUT2D eigenvalue weighted by molar-refractivity contribution is -0.199. The second-order valence-corrected chi connectivity index (χ2v) is 15.6. The average Bonchev–Trinajstić information content (AvgIpc) is 3.43. The molecule has 3 aliphatic heterocycles. The molecule has 4 aromatic rings. The maximum atomic E-state index is 13.3. The summed E-state index contributed by atoms with van der Waals surface area (Å²) in [6.45, 7) is 1.63. The summed E-state index contributed by atoms with van der Waals surface area (Å²) in [6.07, 6.45) is -2.83. The average molecular weight is 818 g/mol. The van der Waals surface area contributed by atoms with E-state index >= 15 is 0 Å². The predicted molar refractivity (Wildman–Crippen MR) is 203 cm³/mol. The van der Waals surface area contributed by atoms with Gasteiger partial charge in [-0.3, -0.25) is 29.4 Å². The van der Waals surface area contributed by atoms with Gasteiger partial charge in [0.05, 0.1) is 28.6 Å². The molecule has 2 N–H and O–H groups in total. The van der Waals surface area contributed by atoms with E-state index in [1.165, 1.54) is 24.3 Å². The lowest BCUT2D eigenvalue weighted by Gasteiger charge is -2.31. The van der Waals surface area contributed by atoms with Gasteiger partial charge in [0.15, 0.2) is 0 Å². The molecule has 58 heavy (non-hydrogen) atoms. The van der Waals surface area contributed by atoms with Crippen molar-refractivity contribution in [1.82, 2.24) is 20.2 Å². The molecule has 0 saturated carbocycles. The van der Waals surface area contributed by atoms with Gasteiger partial charge in [-0.1, -0.05) is 34.7 Å². The van der Waals surface area contributed by atoms with Crippen LogP contribution in [0.15, 0.2) is 66.7 Å². The summed E-state index contributed by atoms with van der Waals surface area (Å²) in [5.41, 5.74) is 2.28. The monoisotopic (exact) mass is 817 g/mol. The number of alkyl halides is 3. The van der Waals surface area contributed by atoms with Crippen LogP contribution in [-0.2, 0) is 35.7 Å². The van der Waals surface area contributed by atoms with Crippen LogP contribution in [0.2, 0.25) is 0 Å². The molecular formula is C39H34F3N7O8S. The number of fused-ring (bicyclic) bond motifs is 2. The number of amides is 4. The first-order valence-electron chi connectivity index (χ1n) is 18.1. The third kappa shape index (κ3) is 8.41. The Morgan fingerprint density at radius 1 is 0.966 bits per heavy atom. The van der Waals surface area contributed by atoms with Crippen LogP contribution < -0.4 is 20.0 Å². The minimum atomic E-state index is -5.39. The molecule has 15 nitrogen and oxygen atoms in total. The fourth-order valence-corrected chi connectivity index (χ4v) is 7.63. The minimum absolute atomic E-state index is 0.0296. The van der Waals surface area contributed by atoms with Gasteiger partial charge in [-0.2, -0.15) is 13.2 Å². The van der Waals surface area contributed by atoms with Crippen LogP contribution in [0.25, 0.3) is 10.9 Å². The van der Waals surface area contributed by atoms with E-state index < -0.39 is 51.8 Å². The van der Waals surface area contributed by atoms with Crippen molar-refractivity contribution < 1.29 is 50.4 Å². The van der Waals surface area contributed by atoms with Crippen LogP contribution in [-0.4, -0.2) is 91.0 Å². The fourth-order valence-electron chi connectivity index (χ4n) is 6.92. The summed E-state index contributed by atoms with van der Waals surface area (Å²) < 4.78 is 62.3. The van der Waals surface area contributed by atoms with Crippen LogP contribution in [0.1, 0.15) is 57.8 Å². The fraction of sp³-hybridized carbons (Fsp3) is 0.308. The minimum Gasteiger partial charge on any atom is -0.371 e. The second kappa shape index (κ2) is 15.8. The van der Waals surface area contributed by atoms with Gasteiger partial charge in [0, 0.05) is 43.0 Å². The van der Waals surface area contributed by atoms with Crippen LogP contribution in [0, 0.1) is 17.8 Å². The van der Waals surface area contributed by atoms with Crippen LogP contribution >= 0.6 is 0 Å². The van der Waals surface area contributed by atoms with Gasteiger partial charge < -0.3 is 15.1 Å². The van der Waals surface area contributed by atoms with Gasteiger partial charge in [0.1, 0.15) is 11.9 Å². The van der Waals surface area contributed by atoms with Crippen molar-refractivity contribution >= 4 is 67.7 Å². The Bertz CT molecular complexity index is 2510. The Kier molecular flexibility index (Phi) is 10.8. The molecule has 2 saturated heterocycles. The molecule has 1 atom stereocenters. The Labute approximate surface area is 329 Å². The molecule has 2 fully saturated rings. The maximum absolute atomic E-state index is 13.3. The standard InChI is InChI=1S/C39H34F3N7O8S/c1-58(55,56)49(57-38(54)39(40,41)42)25-9-6-23(7-10-25)16-19-43-34-28-4-2-3-5-30(28)44-32(45-34)14-8-24-17-20-47(21-18-24)26-11-12-27-29(22-26)37(53)48(36(27)52)31-13-15-33(50)46-35(31)51/h2-7,9-12,22,24,31H,13,15-21H2,1H3,(H,43,44,45)(H,46,50,51). The summed E-state index contributed by atoms with van der Waals surface area (Å²) in [5, 5.41) is 6.24. The number of hydrogen-bond acceptors (Lipinski definition) is 12. The number of sulfonamides is 1. The van der Waals surface area contributed by atoms with E-state index in [1.54, 1.807) is 18.2 Å². The molecule has 7 rings (SSSR count). The Morgan fingerprint density at radius 3 is 2.36 bits per heavy atom. The van der Waals surface area contributed by atoms with E-state index in [0.717, 1.165) is 16.0 Å². The summed E-state index contributed by atoms with van der Waals surface area (Å²) >= 11 is 0. The Balaban J connectivity index is 0.974. The second-order valence-electron chi connectivity index (χ2n) is 13.8. The first-order chi connectivity index (χ1) is 27.6. The van der Waals surface area contributed by atoms with Crippen molar-refractivity contribution in [3.8, 4) is 11.8 Å². The summed E-state index contributed by atoms with van der Waals surface area (Å²) in [7, 11) is -4.39. The van der Waals surface area contributed by atoms with E-state index in [1.807, 2.05) is 24.3 Å². The third-order valence-electron chi connectivity index (χ3n) is 9.83. The van der Waals surface area contributed by atoms with Crippen LogP contribution in [0.5, 0.6) is 0 Å². The summed E-state index contributed by atoms with van der Waals surface area (Å²) in [5.74, 6) is 2.39. The number of imide groups is 2. The smallest absolute Gasteiger partial charge is 0.371 e. The van der Waals surface area contributed by atoms with Gasteiger partial charge in [-0.25, -0.2) is 23.2 Å². The van der Waals surface area contributed by atoms with E-state index in [4.69, 9.17) is 0 Å². The number of rotatable bonds is 9. The van der Waals surface area contributed by atoms with Gasteiger partial charge in [-0.05, 0) is 79.6 Å². The topological polar surface area (TPSA) is 188 Å². The zero-order valence-corrected chi connectivity index (χ0v) is 31.5. The quantitative estimate of drug-likeness (QED) is 0.142. The zero-order chi connectivity index (χ0) is 41.4. The van der Waals surface area contributed by atoms with Gasteiger partial charge in [0.25, 0.3) is 21.8 Å². The first-order valence-corrected chi connectivity index (χ1v) is 19.9. The number of aromatic nitrogens is 2. The summed E-state index contributed by atoms with van der Waals surface area (Å²) in [4.78, 5) is 78.2. The largest absolute Gasteiger partial charge is 0.493 e. The maximum Gasteiger partial charge on any atom is 0.493 e. The van der Waals surface area contributed by atoms with Crippen molar-refractivity contribution in [1.29, 1.82) is 0 Å². The van der Waals surface area contributed by atoms with Crippen LogP contribution in [0.3, 0.4) is 0 Å². The highest BCUT2D eigenvalue weighted by atomic mass is 32.2. The van der Waals surface area contributed by atoms with E-state index in [9.17, 15) is 45.6 Å². The normalized spacial score (nSPS) is 17.4. The lowest BCUT2D eigenvalue weighted by Crippen LogP contribution is -2.54. The molecule has 0 aliphatic carbocycles. The molecule has 0 bridgehead atoms. The van der Waals surface area contributed by atoms with Crippen molar-refractivity contribution in [2.45, 2.75) is 44.3 Å². The van der Waals surface area contributed by atoms with Gasteiger partial charge >= 0.3 is 12.1 Å². The number of hydrogen-bond donors (Lipinski definition) is 2. The molecule has 300 valence electrons. The van der Waals surface area contributed by atoms with Crippen LogP contribution in [0.4, 0.5) is 30.4 Å². The third-order valence-corrected chi connectivity index (χ3v) is 10.7. The van der Waals surface area contributed by atoms with E-state index in [2.05, 4.69) is 42.2 Å². The highest BCUT2D eigenvalue weighted by Crippen LogP contribution is 2.32. The van der Waals surface area contributed by atoms with Crippen molar-refractivity contribution in [2.24, 2.45) is 5.92 Å². The SMILES string of the molecule is CS(=O)(=O)N(OC(=O)C(F)(F)F)c1ccc(CCNc2nc(C#CC3CCN(c4ccc5c(c4)C(=O)N(C4CCC(=O)NC4=O)C5=O)CC3)nc3ccccc23)cc1. The first kappa shape index (κ1) is 39.7. The van der Waals surface area contributed by atoms with Crippen molar-refractivity contribution in [3.05, 3.63) is 89.2 Å². The number of nitrogens with zero attached hydrogens (tertiary/aromatic N) is 5. The van der Waals surface area contributed by atoms with Crippen molar-refractivity contribution in [3.63, 3.8) is 0 Å². The molecule has 3 aliphatic rings. The number of anilines is 3. The molecular weight excluding hydrogens is 784 g/mol. The molecule has 4 amide bonds. The Hall–Kier alpha value is -6.55. The molecule has 1 aromatic heterocycles. The van der Waals surface area contributed by atoms with Crippen molar-refractivity contribution in [2.75, 3.05) is 40.6 Å². The number of nitrogens with one attached hydrogen (secondary N) is 2.